The van der Waals surface area contributed by atoms with E-state index in [1.165, 1.54) is 11.1 Å². The lowest BCUT2D eigenvalue weighted by atomic mass is 10.1. The summed E-state index contributed by atoms with van der Waals surface area (Å²) in [5.41, 5.74) is 2.21. The standard InChI is InChI=1S/C18H13Br2N3O2S/c1-10-8-12(20)4-7-15(10)21-9-14-16(24)22-18(26)23(17(14)25)13-5-2-11(19)3-6-13/h2-9,14H,1H3,(H,22,24,26)/t14-/m0/s1. The number of nitrogens with zero attached hydrogens (tertiary/aromatic N) is 2. The second-order valence-corrected chi connectivity index (χ2v) is 7.85. The summed E-state index contributed by atoms with van der Waals surface area (Å²) in [6, 6.07) is 12.7. The third kappa shape index (κ3) is 3.92. The molecule has 0 radical (unpaired) electrons. The van der Waals surface area contributed by atoms with Crippen molar-refractivity contribution in [1.82, 2.24) is 5.32 Å². The van der Waals surface area contributed by atoms with Crippen LogP contribution in [-0.4, -0.2) is 23.1 Å². The number of halogens is 2. The Morgan fingerprint density at radius 2 is 1.77 bits per heavy atom. The highest BCUT2D eigenvalue weighted by atomic mass is 79.9. The summed E-state index contributed by atoms with van der Waals surface area (Å²) in [7, 11) is 0. The van der Waals surface area contributed by atoms with Gasteiger partial charge in [0.2, 0.25) is 5.91 Å². The van der Waals surface area contributed by atoms with Crippen LogP contribution >= 0.6 is 44.1 Å². The Hall–Kier alpha value is -1.90. The zero-order valence-corrected chi connectivity index (χ0v) is 17.6. The SMILES string of the molecule is Cc1cc(Br)ccc1N=C[C@H]1C(=O)NC(=S)N(c2ccc(Br)cc2)C1=O. The first kappa shape index (κ1) is 18.9. The molecule has 26 heavy (non-hydrogen) atoms. The molecular weight excluding hydrogens is 482 g/mol. The monoisotopic (exact) mass is 493 g/mol. The second kappa shape index (κ2) is 7.77. The number of hydrogen-bond donors (Lipinski definition) is 1. The maximum absolute atomic E-state index is 12.9. The lowest BCUT2D eigenvalue weighted by Gasteiger charge is -2.30. The van der Waals surface area contributed by atoms with E-state index in [-0.39, 0.29) is 5.11 Å². The van der Waals surface area contributed by atoms with Crippen molar-refractivity contribution >= 4 is 78.6 Å². The maximum atomic E-state index is 12.9. The van der Waals surface area contributed by atoms with Crippen molar-refractivity contribution < 1.29 is 9.59 Å². The van der Waals surface area contributed by atoms with E-state index in [1.807, 2.05) is 25.1 Å². The minimum Gasteiger partial charge on any atom is -0.301 e. The van der Waals surface area contributed by atoms with Gasteiger partial charge in [0.25, 0.3) is 5.91 Å². The molecule has 0 unspecified atom stereocenters. The topological polar surface area (TPSA) is 61.8 Å². The average molecular weight is 495 g/mol. The molecule has 1 aliphatic heterocycles. The molecule has 3 rings (SSSR count). The van der Waals surface area contributed by atoms with Crippen LogP contribution < -0.4 is 10.2 Å². The van der Waals surface area contributed by atoms with E-state index in [0.717, 1.165) is 14.5 Å². The fraction of sp³-hybridized carbons (Fsp3) is 0.111. The Balaban J connectivity index is 1.90. The van der Waals surface area contributed by atoms with E-state index in [1.54, 1.807) is 24.3 Å². The highest BCUT2D eigenvalue weighted by Gasteiger charge is 2.38. The summed E-state index contributed by atoms with van der Waals surface area (Å²) < 4.78 is 1.82. The van der Waals surface area contributed by atoms with Gasteiger partial charge in [-0.3, -0.25) is 19.5 Å². The van der Waals surface area contributed by atoms with Crippen molar-refractivity contribution in [2.75, 3.05) is 4.90 Å². The van der Waals surface area contributed by atoms with Crippen LogP contribution in [0.1, 0.15) is 5.56 Å². The molecule has 1 fully saturated rings. The highest BCUT2D eigenvalue weighted by molar-refractivity contribution is 9.10. The molecule has 5 nitrogen and oxygen atoms in total. The number of thiocarbonyl (C=S) groups is 1. The van der Waals surface area contributed by atoms with Crippen LogP contribution in [0.2, 0.25) is 0 Å². The molecule has 1 aliphatic rings. The molecule has 0 bridgehead atoms. The van der Waals surface area contributed by atoms with Crippen LogP contribution in [-0.2, 0) is 9.59 Å². The van der Waals surface area contributed by atoms with Gasteiger partial charge in [0.1, 0.15) is 0 Å². The lowest BCUT2D eigenvalue weighted by Crippen LogP contribution is -2.58. The minimum atomic E-state index is -1.05. The fourth-order valence-corrected chi connectivity index (χ4v) is 3.51. The zero-order chi connectivity index (χ0) is 18.8. The number of carbonyl (C=O) groups is 2. The van der Waals surface area contributed by atoms with Crippen molar-refractivity contribution in [3.8, 4) is 0 Å². The third-order valence-electron chi connectivity index (χ3n) is 3.81. The summed E-state index contributed by atoms with van der Waals surface area (Å²) in [6.45, 7) is 1.91. The molecule has 1 atom stereocenters. The Bertz CT molecular complexity index is 929. The molecule has 2 aromatic rings. The number of benzene rings is 2. The van der Waals surface area contributed by atoms with Gasteiger partial charge in [-0.1, -0.05) is 31.9 Å². The molecule has 0 spiro atoms. The van der Waals surface area contributed by atoms with Crippen LogP contribution in [0.15, 0.2) is 56.4 Å². The maximum Gasteiger partial charge on any atom is 0.251 e. The van der Waals surface area contributed by atoms with E-state index in [2.05, 4.69) is 42.2 Å². The Morgan fingerprint density at radius 1 is 1.12 bits per heavy atom. The number of carbonyl (C=O) groups excluding carboxylic acids is 2. The van der Waals surface area contributed by atoms with Gasteiger partial charge in [0.05, 0.1) is 11.4 Å². The highest BCUT2D eigenvalue weighted by Crippen LogP contribution is 2.25. The largest absolute Gasteiger partial charge is 0.301 e. The number of rotatable bonds is 3. The van der Waals surface area contributed by atoms with E-state index in [9.17, 15) is 9.59 Å². The molecule has 0 saturated carbocycles. The number of nitrogens with one attached hydrogen (secondary N) is 1. The molecule has 132 valence electrons. The Kier molecular flexibility index (Phi) is 5.64. The Labute approximate surface area is 172 Å². The first-order valence-corrected chi connectivity index (χ1v) is 9.61. The first-order valence-electron chi connectivity index (χ1n) is 7.61. The number of aliphatic imine (C=N–C) groups is 1. The lowest BCUT2D eigenvalue weighted by molar-refractivity contribution is -0.130. The molecule has 1 heterocycles. The molecule has 2 amide bonds. The van der Waals surface area contributed by atoms with Crippen molar-refractivity contribution in [3.05, 3.63) is 57.0 Å². The summed E-state index contributed by atoms with van der Waals surface area (Å²) >= 11 is 11.9. The Morgan fingerprint density at radius 3 is 2.42 bits per heavy atom. The van der Waals surface area contributed by atoms with Crippen molar-refractivity contribution in [3.63, 3.8) is 0 Å². The van der Waals surface area contributed by atoms with Gasteiger partial charge in [-0.2, -0.15) is 0 Å². The summed E-state index contributed by atoms with van der Waals surface area (Å²) in [5, 5.41) is 2.63. The van der Waals surface area contributed by atoms with Crippen LogP contribution in [0.3, 0.4) is 0 Å². The minimum absolute atomic E-state index is 0.0618. The summed E-state index contributed by atoms with van der Waals surface area (Å²) in [4.78, 5) is 30.8. The molecule has 0 aliphatic carbocycles. The quantitative estimate of drug-likeness (QED) is 0.393. The van der Waals surface area contributed by atoms with Gasteiger partial charge in [0, 0.05) is 15.2 Å². The molecule has 1 N–H and O–H groups in total. The van der Waals surface area contributed by atoms with Gasteiger partial charge < -0.3 is 5.32 Å². The predicted molar refractivity (Wildman–Crippen MR) is 113 cm³/mol. The number of hydrogen-bond acceptors (Lipinski definition) is 4. The van der Waals surface area contributed by atoms with Gasteiger partial charge >= 0.3 is 0 Å². The molecule has 0 aromatic heterocycles. The van der Waals surface area contributed by atoms with Crippen LogP contribution in [0.25, 0.3) is 0 Å². The second-order valence-electron chi connectivity index (χ2n) is 5.63. The van der Waals surface area contributed by atoms with Crippen LogP contribution in [0.5, 0.6) is 0 Å². The predicted octanol–water partition coefficient (Wildman–Crippen LogP) is 4.29. The number of anilines is 1. The van der Waals surface area contributed by atoms with Gasteiger partial charge in [-0.15, -0.1) is 0 Å². The fourth-order valence-electron chi connectivity index (χ4n) is 2.48. The molecule has 1 saturated heterocycles. The van der Waals surface area contributed by atoms with E-state index < -0.39 is 17.7 Å². The summed E-state index contributed by atoms with van der Waals surface area (Å²) in [5.74, 6) is -1.96. The zero-order valence-electron chi connectivity index (χ0n) is 13.6. The van der Waals surface area contributed by atoms with E-state index in [0.29, 0.717) is 11.4 Å². The molecular formula is C18H13Br2N3O2S. The van der Waals surface area contributed by atoms with Crippen molar-refractivity contribution in [1.29, 1.82) is 0 Å². The number of amides is 2. The third-order valence-corrected chi connectivity index (χ3v) is 5.12. The smallest absolute Gasteiger partial charge is 0.251 e. The van der Waals surface area contributed by atoms with Crippen LogP contribution in [0.4, 0.5) is 11.4 Å². The normalized spacial score (nSPS) is 17.7. The molecule has 8 heteroatoms. The summed E-state index contributed by atoms with van der Waals surface area (Å²) in [6.07, 6.45) is 1.36. The average Bonchev–Trinajstić information content (AvgIpc) is 2.57. The van der Waals surface area contributed by atoms with Gasteiger partial charge in [-0.25, -0.2) is 0 Å². The molecule has 2 aromatic carbocycles. The van der Waals surface area contributed by atoms with Crippen LogP contribution in [0, 0.1) is 12.8 Å². The number of aryl methyl sites for hydroxylation is 1. The van der Waals surface area contributed by atoms with Crippen molar-refractivity contribution in [2.45, 2.75) is 6.92 Å². The van der Waals surface area contributed by atoms with Crippen molar-refractivity contribution in [2.24, 2.45) is 10.9 Å². The van der Waals surface area contributed by atoms with E-state index >= 15 is 0 Å². The first-order chi connectivity index (χ1) is 12.4. The van der Waals surface area contributed by atoms with E-state index in [4.69, 9.17) is 12.2 Å². The van der Waals surface area contributed by atoms with Gasteiger partial charge in [0.15, 0.2) is 11.0 Å². The van der Waals surface area contributed by atoms with Gasteiger partial charge in [-0.05, 0) is 67.2 Å².